The average Bonchev–Trinajstić information content (AvgIpc) is 3.06. The van der Waals surface area contributed by atoms with Crippen LogP contribution in [0.1, 0.15) is 35.4 Å². The zero-order valence-corrected chi connectivity index (χ0v) is 12.4. The summed E-state index contributed by atoms with van der Waals surface area (Å²) in [5.41, 5.74) is -0.748. The Labute approximate surface area is 122 Å². The van der Waals surface area contributed by atoms with Crippen molar-refractivity contribution in [3.8, 4) is 0 Å². The van der Waals surface area contributed by atoms with Crippen molar-refractivity contribution in [2.24, 2.45) is 0 Å². The SMILES string of the molecule is CN(CC1(O)CCCC1)C(=O)CNC(=O)c1cccs1. The quantitative estimate of drug-likeness (QED) is 0.859. The molecular weight excluding hydrogens is 276 g/mol. The van der Waals surface area contributed by atoms with Crippen LogP contribution in [0.2, 0.25) is 0 Å². The van der Waals surface area contributed by atoms with E-state index in [2.05, 4.69) is 5.32 Å². The number of nitrogens with one attached hydrogen (secondary N) is 1. The molecule has 1 heterocycles. The van der Waals surface area contributed by atoms with Gasteiger partial charge in [0.2, 0.25) is 5.91 Å². The molecule has 1 fully saturated rings. The number of hydrogen-bond acceptors (Lipinski definition) is 4. The third-order valence-electron chi connectivity index (χ3n) is 3.64. The number of thiophene rings is 1. The molecule has 1 aromatic rings. The van der Waals surface area contributed by atoms with Gasteiger partial charge < -0.3 is 15.3 Å². The Balaban J connectivity index is 1.78. The van der Waals surface area contributed by atoms with Gasteiger partial charge in [0.05, 0.1) is 17.0 Å². The molecule has 0 radical (unpaired) electrons. The summed E-state index contributed by atoms with van der Waals surface area (Å²) in [5, 5.41) is 14.7. The molecule has 0 aromatic carbocycles. The van der Waals surface area contributed by atoms with Crippen LogP contribution in [0.5, 0.6) is 0 Å². The Kier molecular flexibility index (Phi) is 4.77. The van der Waals surface area contributed by atoms with Gasteiger partial charge in [0.25, 0.3) is 5.91 Å². The predicted octanol–water partition coefficient (Wildman–Crippen LogP) is 1.24. The lowest BCUT2D eigenvalue weighted by Gasteiger charge is -2.28. The number of hydrogen-bond donors (Lipinski definition) is 2. The highest BCUT2D eigenvalue weighted by molar-refractivity contribution is 7.12. The number of carbonyl (C=O) groups is 2. The summed E-state index contributed by atoms with van der Waals surface area (Å²) < 4.78 is 0. The molecule has 0 bridgehead atoms. The summed E-state index contributed by atoms with van der Waals surface area (Å²) in [6.07, 6.45) is 3.50. The molecule has 2 N–H and O–H groups in total. The normalized spacial score (nSPS) is 16.9. The Bertz CT molecular complexity index is 467. The number of nitrogens with zero attached hydrogens (tertiary/aromatic N) is 1. The van der Waals surface area contributed by atoms with Gasteiger partial charge in [-0.15, -0.1) is 11.3 Å². The average molecular weight is 296 g/mol. The van der Waals surface area contributed by atoms with Gasteiger partial charge in [0.15, 0.2) is 0 Å². The van der Waals surface area contributed by atoms with Gasteiger partial charge in [0, 0.05) is 13.6 Å². The highest BCUT2D eigenvalue weighted by Gasteiger charge is 2.33. The van der Waals surface area contributed by atoms with Crippen LogP contribution in [-0.4, -0.2) is 47.6 Å². The van der Waals surface area contributed by atoms with E-state index in [1.54, 1.807) is 19.2 Å². The van der Waals surface area contributed by atoms with Crippen LogP contribution in [0.3, 0.4) is 0 Å². The van der Waals surface area contributed by atoms with Crippen molar-refractivity contribution >= 4 is 23.2 Å². The van der Waals surface area contributed by atoms with E-state index in [9.17, 15) is 14.7 Å². The molecule has 1 aromatic heterocycles. The zero-order valence-electron chi connectivity index (χ0n) is 11.6. The molecule has 0 aliphatic heterocycles. The summed E-state index contributed by atoms with van der Waals surface area (Å²) in [5.74, 6) is -0.420. The van der Waals surface area contributed by atoms with Gasteiger partial charge in [-0.2, -0.15) is 0 Å². The smallest absolute Gasteiger partial charge is 0.261 e. The van der Waals surface area contributed by atoms with Crippen LogP contribution < -0.4 is 5.32 Å². The van der Waals surface area contributed by atoms with E-state index >= 15 is 0 Å². The fraction of sp³-hybridized carbons (Fsp3) is 0.571. The Morgan fingerprint density at radius 3 is 2.75 bits per heavy atom. The number of rotatable bonds is 5. The minimum atomic E-state index is -0.748. The molecule has 1 aliphatic rings. The Morgan fingerprint density at radius 1 is 1.45 bits per heavy atom. The fourth-order valence-electron chi connectivity index (χ4n) is 2.51. The van der Waals surface area contributed by atoms with Crippen molar-refractivity contribution in [3.05, 3.63) is 22.4 Å². The molecule has 6 heteroatoms. The largest absolute Gasteiger partial charge is 0.388 e. The topological polar surface area (TPSA) is 69.6 Å². The molecule has 0 unspecified atom stereocenters. The number of carbonyl (C=O) groups excluding carboxylic acids is 2. The van der Waals surface area contributed by atoms with Gasteiger partial charge in [-0.3, -0.25) is 9.59 Å². The molecule has 110 valence electrons. The first kappa shape index (κ1) is 15.0. The summed E-state index contributed by atoms with van der Waals surface area (Å²) in [7, 11) is 1.66. The lowest BCUT2D eigenvalue weighted by atomic mass is 10.0. The van der Waals surface area contributed by atoms with E-state index in [1.165, 1.54) is 16.2 Å². The van der Waals surface area contributed by atoms with Gasteiger partial charge >= 0.3 is 0 Å². The highest BCUT2D eigenvalue weighted by atomic mass is 32.1. The van der Waals surface area contributed by atoms with Crippen LogP contribution in [0.25, 0.3) is 0 Å². The number of likely N-dealkylation sites (N-methyl/N-ethyl adjacent to an activating group) is 1. The van der Waals surface area contributed by atoms with E-state index in [0.717, 1.165) is 25.7 Å². The minimum Gasteiger partial charge on any atom is -0.388 e. The van der Waals surface area contributed by atoms with Crippen LogP contribution in [0, 0.1) is 0 Å². The minimum absolute atomic E-state index is 0.0384. The third kappa shape index (κ3) is 3.80. The summed E-state index contributed by atoms with van der Waals surface area (Å²) in [6, 6.07) is 3.51. The van der Waals surface area contributed by atoms with Gasteiger partial charge in [-0.1, -0.05) is 18.9 Å². The standard InChI is InChI=1S/C14H20N2O3S/c1-16(10-14(19)6-2-3-7-14)12(17)9-15-13(18)11-5-4-8-20-11/h4-5,8,19H,2-3,6-7,9-10H2,1H3,(H,15,18). The maximum atomic E-state index is 12.0. The molecule has 0 spiro atoms. The second-order valence-corrected chi connectivity index (χ2v) is 6.29. The van der Waals surface area contributed by atoms with Crippen molar-refractivity contribution in [2.45, 2.75) is 31.3 Å². The molecule has 2 rings (SSSR count). The summed E-state index contributed by atoms with van der Waals surface area (Å²) in [4.78, 5) is 25.8. The van der Waals surface area contributed by atoms with Crippen molar-refractivity contribution in [1.82, 2.24) is 10.2 Å². The van der Waals surface area contributed by atoms with Crippen LogP contribution in [0.4, 0.5) is 0 Å². The highest BCUT2D eigenvalue weighted by Crippen LogP contribution is 2.29. The molecule has 20 heavy (non-hydrogen) atoms. The maximum Gasteiger partial charge on any atom is 0.261 e. The van der Waals surface area contributed by atoms with Gasteiger partial charge in [-0.25, -0.2) is 0 Å². The monoisotopic (exact) mass is 296 g/mol. The van der Waals surface area contributed by atoms with Crippen molar-refractivity contribution < 1.29 is 14.7 Å². The second-order valence-electron chi connectivity index (χ2n) is 5.34. The lowest BCUT2D eigenvalue weighted by molar-refractivity contribution is -0.132. The summed E-state index contributed by atoms with van der Waals surface area (Å²) >= 11 is 1.34. The molecule has 5 nitrogen and oxygen atoms in total. The summed E-state index contributed by atoms with van der Waals surface area (Å²) in [6.45, 7) is 0.296. The van der Waals surface area contributed by atoms with Gasteiger partial charge in [-0.05, 0) is 24.3 Å². The van der Waals surface area contributed by atoms with Gasteiger partial charge in [0.1, 0.15) is 0 Å². The fourth-order valence-corrected chi connectivity index (χ4v) is 3.15. The third-order valence-corrected chi connectivity index (χ3v) is 4.51. The molecule has 0 atom stereocenters. The molecule has 0 saturated heterocycles. The van der Waals surface area contributed by atoms with Crippen molar-refractivity contribution in [1.29, 1.82) is 0 Å². The van der Waals surface area contributed by atoms with Crippen LogP contribution >= 0.6 is 11.3 Å². The van der Waals surface area contributed by atoms with Crippen LogP contribution in [0.15, 0.2) is 17.5 Å². The number of aliphatic hydroxyl groups is 1. The van der Waals surface area contributed by atoms with Crippen molar-refractivity contribution in [2.75, 3.05) is 20.1 Å². The molecular formula is C14H20N2O3S. The van der Waals surface area contributed by atoms with E-state index in [0.29, 0.717) is 11.4 Å². The van der Waals surface area contributed by atoms with E-state index < -0.39 is 5.60 Å². The van der Waals surface area contributed by atoms with Crippen LogP contribution in [-0.2, 0) is 4.79 Å². The molecule has 1 aliphatic carbocycles. The molecule has 1 saturated carbocycles. The van der Waals surface area contributed by atoms with E-state index in [1.807, 2.05) is 5.38 Å². The van der Waals surface area contributed by atoms with E-state index in [-0.39, 0.29) is 18.4 Å². The predicted molar refractivity (Wildman–Crippen MR) is 77.7 cm³/mol. The first-order chi connectivity index (χ1) is 9.50. The maximum absolute atomic E-state index is 12.0. The Hall–Kier alpha value is -1.40. The van der Waals surface area contributed by atoms with E-state index in [4.69, 9.17) is 0 Å². The first-order valence-corrected chi connectivity index (χ1v) is 7.66. The number of amides is 2. The lowest BCUT2D eigenvalue weighted by Crippen LogP contribution is -2.45. The second kappa shape index (κ2) is 6.37. The Morgan fingerprint density at radius 2 is 2.15 bits per heavy atom. The van der Waals surface area contributed by atoms with Crippen molar-refractivity contribution in [3.63, 3.8) is 0 Å². The first-order valence-electron chi connectivity index (χ1n) is 6.78. The molecule has 2 amide bonds. The zero-order chi connectivity index (χ0) is 14.6.